The molecule has 0 fully saturated rings. The maximum absolute atomic E-state index is 13.7. The SMILES string of the molecule is O=S(=O)([O-])c1cc(C(F)(F)C(F)(F)C(F)(F)F)cc(C(F)(F)C(F)(F)C(F)(F)F)c1. The zero-order valence-corrected chi connectivity index (χ0v) is 14.0. The molecule has 0 aliphatic heterocycles. The van der Waals surface area contributed by atoms with Crippen molar-refractivity contribution in [3.8, 4) is 0 Å². The smallest absolute Gasteiger partial charge is 0.460 e. The second-order valence-electron chi connectivity index (χ2n) is 5.49. The molecule has 0 aliphatic rings. The van der Waals surface area contributed by atoms with Crippen molar-refractivity contribution in [1.82, 2.24) is 0 Å². The van der Waals surface area contributed by atoms with Crippen molar-refractivity contribution < 1.29 is 74.4 Å². The standard InChI is InChI=1S/C12H4F14O3S/c13-7(14,9(17,18)11(21,22)23)4-1-5(3-6(2-4)30(27,28)29)8(15,16)10(19,20)12(24,25)26/h1-3H,(H,27,28,29)/p-1. The first-order chi connectivity index (χ1) is 12.8. The molecule has 0 radical (unpaired) electrons. The highest BCUT2D eigenvalue weighted by Crippen LogP contribution is 2.55. The molecule has 0 atom stereocenters. The van der Waals surface area contributed by atoms with Gasteiger partial charge in [0.05, 0.1) is 4.90 Å². The van der Waals surface area contributed by atoms with Crippen molar-refractivity contribution >= 4 is 10.1 Å². The Morgan fingerprint density at radius 3 is 1.03 bits per heavy atom. The van der Waals surface area contributed by atoms with Crippen molar-refractivity contribution in [3.63, 3.8) is 0 Å². The van der Waals surface area contributed by atoms with Crippen LogP contribution in [0.4, 0.5) is 61.5 Å². The molecule has 30 heavy (non-hydrogen) atoms. The van der Waals surface area contributed by atoms with Crippen LogP contribution in [0.2, 0.25) is 0 Å². The predicted molar refractivity (Wildman–Crippen MR) is 64.2 cm³/mol. The molecular formula is C12H3F14O3S-. The molecule has 0 spiro atoms. The van der Waals surface area contributed by atoms with E-state index in [0.717, 1.165) is 0 Å². The Morgan fingerprint density at radius 1 is 0.567 bits per heavy atom. The molecule has 1 aromatic carbocycles. The molecule has 3 nitrogen and oxygen atoms in total. The minimum Gasteiger partial charge on any atom is -0.744 e. The minimum atomic E-state index is -7.15. The Kier molecular flexibility index (Phi) is 5.96. The highest BCUT2D eigenvalue weighted by atomic mass is 32.2. The van der Waals surface area contributed by atoms with Crippen LogP contribution in [0.15, 0.2) is 23.1 Å². The van der Waals surface area contributed by atoms with Crippen LogP contribution in [-0.2, 0) is 22.0 Å². The predicted octanol–water partition coefficient (Wildman–Crippen LogP) is 5.17. The summed E-state index contributed by atoms with van der Waals surface area (Å²) in [5, 5.41) is 0. The van der Waals surface area contributed by atoms with Crippen molar-refractivity contribution in [2.75, 3.05) is 0 Å². The van der Waals surface area contributed by atoms with E-state index in [4.69, 9.17) is 0 Å². The summed E-state index contributed by atoms with van der Waals surface area (Å²) in [7, 11) is -6.30. The van der Waals surface area contributed by atoms with Gasteiger partial charge >= 0.3 is 36.0 Å². The van der Waals surface area contributed by atoms with E-state index in [1.54, 1.807) is 0 Å². The first-order valence-electron chi connectivity index (χ1n) is 6.58. The van der Waals surface area contributed by atoms with Crippen molar-refractivity contribution in [2.24, 2.45) is 0 Å². The van der Waals surface area contributed by atoms with Gasteiger partial charge in [-0.2, -0.15) is 61.5 Å². The average Bonchev–Trinajstić information content (AvgIpc) is 2.51. The van der Waals surface area contributed by atoms with E-state index in [-0.39, 0.29) is 0 Å². The average molecular weight is 493 g/mol. The van der Waals surface area contributed by atoms with Crippen LogP contribution in [0.5, 0.6) is 0 Å². The molecule has 0 heterocycles. The lowest BCUT2D eigenvalue weighted by Gasteiger charge is -2.31. The summed E-state index contributed by atoms with van der Waals surface area (Å²) < 4.78 is 213. The third kappa shape index (κ3) is 4.02. The molecule has 0 amide bonds. The van der Waals surface area contributed by atoms with Gasteiger partial charge < -0.3 is 4.55 Å². The maximum Gasteiger partial charge on any atom is 0.460 e. The molecule has 0 saturated carbocycles. The lowest BCUT2D eigenvalue weighted by atomic mass is 9.95. The van der Waals surface area contributed by atoms with Gasteiger partial charge in [-0.1, -0.05) is 0 Å². The number of hydrogen-bond donors (Lipinski definition) is 0. The van der Waals surface area contributed by atoms with E-state index in [9.17, 15) is 74.4 Å². The Morgan fingerprint density at radius 2 is 0.833 bits per heavy atom. The summed E-state index contributed by atoms with van der Waals surface area (Å²) in [6.07, 6.45) is -14.2. The summed E-state index contributed by atoms with van der Waals surface area (Å²) >= 11 is 0. The Labute approximate surface area is 156 Å². The monoisotopic (exact) mass is 493 g/mol. The number of hydrogen-bond acceptors (Lipinski definition) is 3. The molecule has 0 saturated heterocycles. The molecule has 1 aromatic rings. The van der Waals surface area contributed by atoms with Crippen molar-refractivity contribution in [1.29, 1.82) is 0 Å². The van der Waals surface area contributed by atoms with Crippen LogP contribution in [0.3, 0.4) is 0 Å². The molecule has 0 N–H and O–H groups in total. The van der Waals surface area contributed by atoms with E-state index in [0.29, 0.717) is 0 Å². The van der Waals surface area contributed by atoms with Gasteiger partial charge in [0.2, 0.25) is 0 Å². The maximum atomic E-state index is 13.7. The van der Waals surface area contributed by atoms with Crippen molar-refractivity contribution in [3.05, 3.63) is 29.3 Å². The largest absolute Gasteiger partial charge is 0.744 e. The van der Waals surface area contributed by atoms with Gasteiger partial charge in [-0.25, -0.2) is 8.42 Å². The highest BCUT2D eigenvalue weighted by Gasteiger charge is 2.75. The van der Waals surface area contributed by atoms with E-state index in [1.807, 2.05) is 0 Å². The van der Waals surface area contributed by atoms with E-state index in [1.165, 1.54) is 0 Å². The molecule has 18 heteroatoms. The number of benzene rings is 1. The van der Waals surface area contributed by atoms with Crippen molar-refractivity contribution in [2.45, 2.75) is 40.9 Å². The zero-order valence-electron chi connectivity index (χ0n) is 13.2. The summed E-state index contributed by atoms with van der Waals surface area (Å²) in [5.74, 6) is -27.6. The molecule has 0 unspecified atom stereocenters. The molecule has 0 aliphatic carbocycles. The Hall–Kier alpha value is -1.85. The van der Waals surface area contributed by atoms with Crippen LogP contribution in [0.1, 0.15) is 11.1 Å². The van der Waals surface area contributed by atoms with Crippen LogP contribution in [0, 0.1) is 0 Å². The van der Waals surface area contributed by atoms with E-state index in [2.05, 4.69) is 0 Å². The topological polar surface area (TPSA) is 57.2 Å². The third-order valence-electron chi connectivity index (χ3n) is 3.42. The van der Waals surface area contributed by atoms with Crippen LogP contribution >= 0.6 is 0 Å². The molecule has 0 bridgehead atoms. The first-order valence-corrected chi connectivity index (χ1v) is 7.99. The Bertz CT molecular complexity index is 857. The summed E-state index contributed by atoms with van der Waals surface area (Å²) in [6.45, 7) is 0. The quantitative estimate of drug-likeness (QED) is 0.420. The zero-order chi connectivity index (χ0) is 24.4. The number of halogens is 14. The summed E-state index contributed by atoms with van der Waals surface area (Å²) in [6, 6.07) is -3.31. The fraction of sp³-hybridized carbons (Fsp3) is 0.500. The van der Waals surface area contributed by atoms with Gasteiger partial charge in [0, 0.05) is 11.1 Å². The lowest BCUT2D eigenvalue weighted by molar-refractivity contribution is -0.361. The second-order valence-corrected chi connectivity index (χ2v) is 6.87. The fourth-order valence-electron chi connectivity index (χ4n) is 1.82. The molecule has 1 rings (SSSR count). The third-order valence-corrected chi connectivity index (χ3v) is 4.23. The first kappa shape index (κ1) is 26.2. The van der Waals surface area contributed by atoms with Gasteiger partial charge in [0.15, 0.2) is 0 Å². The molecular weight excluding hydrogens is 490 g/mol. The Balaban J connectivity index is 3.97. The molecule has 0 aromatic heterocycles. The van der Waals surface area contributed by atoms with Gasteiger partial charge in [-0.3, -0.25) is 0 Å². The normalized spacial score (nSPS) is 15.4. The summed E-state index contributed by atoms with van der Waals surface area (Å²) in [5.41, 5.74) is -6.18. The van der Waals surface area contributed by atoms with Crippen LogP contribution in [-0.4, -0.2) is 37.2 Å². The van der Waals surface area contributed by atoms with Gasteiger partial charge in [0.1, 0.15) is 10.1 Å². The van der Waals surface area contributed by atoms with Crippen LogP contribution in [0.25, 0.3) is 0 Å². The summed E-state index contributed by atoms with van der Waals surface area (Å²) in [4.78, 5) is -2.50. The lowest BCUT2D eigenvalue weighted by Crippen LogP contribution is -2.51. The second kappa shape index (κ2) is 6.83. The number of alkyl halides is 14. The highest BCUT2D eigenvalue weighted by molar-refractivity contribution is 7.85. The van der Waals surface area contributed by atoms with Crippen LogP contribution < -0.4 is 0 Å². The number of rotatable bonds is 5. The van der Waals surface area contributed by atoms with E-state index >= 15 is 0 Å². The minimum absolute atomic E-state index is 0.993. The molecule has 174 valence electrons. The van der Waals surface area contributed by atoms with E-state index < -0.39 is 80.4 Å². The van der Waals surface area contributed by atoms with Gasteiger partial charge in [0.25, 0.3) is 0 Å². The fourth-order valence-corrected chi connectivity index (χ4v) is 2.37. The van der Waals surface area contributed by atoms with Gasteiger partial charge in [-0.05, 0) is 18.2 Å². The van der Waals surface area contributed by atoms with Gasteiger partial charge in [-0.15, -0.1) is 0 Å².